The van der Waals surface area contributed by atoms with E-state index >= 15 is 0 Å². The lowest BCUT2D eigenvalue weighted by atomic mass is 10.0. The summed E-state index contributed by atoms with van der Waals surface area (Å²) in [6.45, 7) is 0.995. The quantitative estimate of drug-likeness (QED) is 0.932. The summed E-state index contributed by atoms with van der Waals surface area (Å²) in [5.74, 6) is 1.53. The molecule has 0 atom stereocenters. The molecule has 0 aliphatic heterocycles. The molecule has 96 valence electrons. The van der Waals surface area contributed by atoms with Crippen molar-refractivity contribution in [2.45, 2.75) is 38.6 Å². The van der Waals surface area contributed by atoms with E-state index in [1.165, 1.54) is 32.1 Å². The molecule has 4 heteroatoms. The first-order valence-electron chi connectivity index (χ1n) is 6.65. The van der Waals surface area contributed by atoms with Crippen LogP contribution in [-0.2, 0) is 6.54 Å². The van der Waals surface area contributed by atoms with Crippen LogP contribution in [0.25, 0.3) is 11.0 Å². The first-order chi connectivity index (χ1) is 8.74. The molecule has 0 radical (unpaired) electrons. The Morgan fingerprint density at radius 1 is 1.33 bits per heavy atom. The van der Waals surface area contributed by atoms with Crippen molar-refractivity contribution >= 4 is 32.9 Å². The average Bonchev–Trinajstić information content (AvgIpc) is 2.93. The number of nitrogen functional groups attached to an aromatic ring is 1. The number of benzene rings is 1. The molecular weight excluding hydrogens is 290 g/mol. The van der Waals surface area contributed by atoms with E-state index in [1.54, 1.807) is 0 Å². The molecule has 3 rings (SSSR count). The van der Waals surface area contributed by atoms with Gasteiger partial charge in [-0.3, -0.25) is 0 Å². The van der Waals surface area contributed by atoms with Gasteiger partial charge in [0.25, 0.3) is 0 Å². The Balaban J connectivity index is 1.84. The van der Waals surface area contributed by atoms with Crippen molar-refractivity contribution in [2.75, 3.05) is 5.73 Å². The van der Waals surface area contributed by atoms with Gasteiger partial charge < -0.3 is 10.3 Å². The molecule has 1 saturated carbocycles. The third-order valence-electron chi connectivity index (χ3n) is 3.98. The van der Waals surface area contributed by atoms with E-state index in [0.29, 0.717) is 5.95 Å². The predicted molar refractivity (Wildman–Crippen MR) is 78.4 cm³/mol. The maximum Gasteiger partial charge on any atom is 0.201 e. The van der Waals surface area contributed by atoms with E-state index in [9.17, 15) is 0 Å². The fraction of sp³-hybridized carbons (Fsp3) is 0.500. The van der Waals surface area contributed by atoms with E-state index in [2.05, 4.69) is 37.6 Å². The molecule has 1 aromatic heterocycles. The maximum atomic E-state index is 6.02. The van der Waals surface area contributed by atoms with Crippen molar-refractivity contribution in [1.29, 1.82) is 0 Å². The van der Waals surface area contributed by atoms with Gasteiger partial charge in [-0.15, -0.1) is 0 Å². The lowest BCUT2D eigenvalue weighted by Crippen LogP contribution is -2.06. The van der Waals surface area contributed by atoms with Crippen LogP contribution in [-0.4, -0.2) is 9.55 Å². The Kier molecular flexibility index (Phi) is 3.29. The monoisotopic (exact) mass is 307 g/mol. The number of hydrogen-bond acceptors (Lipinski definition) is 2. The van der Waals surface area contributed by atoms with Crippen LogP contribution in [0.15, 0.2) is 22.7 Å². The molecule has 0 saturated heterocycles. The zero-order valence-corrected chi connectivity index (χ0v) is 12.0. The van der Waals surface area contributed by atoms with Gasteiger partial charge in [-0.1, -0.05) is 41.6 Å². The third-order valence-corrected chi connectivity index (χ3v) is 4.47. The zero-order valence-electron chi connectivity index (χ0n) is 10.4. The summed E-state index contributed by atoms with van der Waals surface area (Å²) < 4.78 is 3.20. The smallest absolute Gasteiger partial charge is 0.201 e. The maximum absolute atomic E-state index is 6.02. The number of nitrogens with zero attached hydrogens (tertiary/aromatic N) is 2. The van der Waals surface area contributed by atoms with Gasteiger partial charge in [0.2, 0.25) is 5.95 Å². The van der Waals surface area contributed by atoms with Crippen LogP contribution in [0, 0.1) is 5.92 Å². The second-order valence-corrected chi connectivity index (χ2v) is 6.11. The van der Waals surface area contributed by atoms with Gasteiger partial charge in [0.05, 0.1) is 11.0 Å². The largest absolute Gasteiger partial charge is 0.369 e. The predicted octanol–water partition coefficient (Wildman–Crippen LogP) is 3.96. The van der Waals surface area contributed by atoms with Gasteiger partial charge in [0.1, 0.15) is 0 Å². The molecule has 2 N–H and O–H groups in total. The van der Waals surface area contributed by atoms with Crippen LogP contribution < -0.4 is 5.73 Å². The fourth-order valence-corrected chi connectivity index (χ4v) is 3.32. The van der Waals surface area contributed by atoms with Crippen molar-refractivity contribution in [1.82, 2.24) is 9.55 Å². The van der Waals surface area contributed by atoms with Crippen LogP contribution in [0.5, 0.6) is 0 Å². The Bertz CT molecular complexity index is 555. The first kappa shape index (κ1) is 12.0. The Morgan fingerprint density at radius 2 is 2.11 bits per heavy atom. The van der Waals surface area contributed by atoms with Crippen molar-refractivity contribution in [3.8, 4) is 0 Å². The lowest BCUT2D eigenvalue weighted by molar-refractivity contribution is 0.464. The minimum absolute atomic E-state index is 0.640. The molecule has 1 aromatic carbocycles. The molecule has 0 unspecified atom stereocenters. The highest BCUT2D eigenvalue weighted by Gasteiger charge is 2.16. The van der Waals surface area contributed by atoms with Gasteiger partial charge in [-0.25, -0.2) is 4.98 Å². The number of imidazole rings is 1. The summed E-state index contributed by atoms with van der Waals surface area (Å²) in [6, 6.07) is 6.17. The van der Waals surface area contributed by atoms with Crippen molar-refractivity contribution in [3.05, 3.63) is 22.7 Å². The molecule has 1 aliphatic carbocycles. The van der Waals surface area contributed by atoms with E-state index in [4.69, 9.17) is 5.73 Å². The second-order valence-electron chi connectivity index (χ2n) is 5.19. The van der Waals surface area contributed by atoms with Crippen molar-refractivity contribution in [3.63, 3.8) is 0 Å². The average molecular weight is 308 g/mol. The standard InChI is InChI=1S/C14H18BrN3/c15-11-5-6-13-12(9-11)17-14(16)18(13)8-7-10-3-1-2-4-10/h5-6,9-10H,1-4,7-8H2,(H2,16,17). The number of aromatic nitrogens is 2. The van der Waals surface area contributed by atoms with Gasteiger partial charge in [0.15, 0.2) is 0 Å². The topological polar surface area (TPSA) is 43.8 Å². The van der Waals surface area contributed by atoms with E-state index < -0.39 is 0 Å². The third kappa shape index (κ3) is 2.26. The highest BCUT2D eigenvalue weighted by molar-refractivity contribution is 9.10. The number of anilines is 1. The summed E-state index contributed by atoms with van der Waals surface area (Å²) in [7, 11) is 0. The summed E-state index contributed by atoms with van der Waals surface area (Å²) >= 11 is 3.47. The Labute approximate surface area is 116 Å². The number of hydrogen-bond donors (Lipinski definition) is 1. The Morgan fingerprint density at radius 3 is 2.89 bits per heavy atom. The molecule has 1 fully saturated rings. The van der Waals surface area contributed by atoms with Crippen LogP contribution in [0.2, 0.25) is 0 Å². The highest BCUT2D eigenvalue weighted by atomic mass is 79.9. The van der Waals surface area contributed by atoms with E-state index in [1.807, 2.05) is 6.07 Å². The molecule has 18 heavy (non-hydrogen) atoms. The molecule has 1 heterocycles. The van der Waals surface area contributed by atoms with Gasteiger partial charge in [0, 0.05) is 11.0 Å². The number of rotatable bonds is 3. The van der Waals surface area contributed by atoms with E-state index in [-0.39, 0.29) is 0 Å². The molecule has 0 spiro atoms. The van der Waals surface area contributed by atoms with Crippen LogP contribution in [0.4, 0.5) is 5.95 Å². The van der Waals surface area contributed by atoms with Crippen molar-refractivity contribution in [2.24, 2.45) is 5.92 Å². The lowest BCUT2D eigenvalue weighted by Gasteiger charge is -2.11. The summed E-state index contributed by atoms with van der Waals surface area (Å²) in [4.78, 5) is 4.43. The van der Waals surface area contributed by atoms with Gasteiger partial charge >= 0.3 is 0 Å². The Hall–Kier alpha value is -1.03. The zero-order chi connectivity index (χ0) is 12.5. The van der Waals surface area contributed by atoms with Crippen LogP contribution in [0.3, 0.4) is 0 Å². The summed E-state index contributed by atoms with van der Waals surface area (Å²) in [6.07, 6.45) is 6.80. The summed E-state index contributed by atoms with van der Waals surface area (Å²) in [5.41, 5.74) is 8.15. The van der Waals surface area contributed by atoms with E-state index in [0.717, 1.165) is 28.0 Å². The minimum Gasteiger partial charge on any atom is -0.369 e. The molecule has 0 bridgehead atoms. The SMILES string of the molecule is Nc1nc2cc(Br)ccc2n1CCC1CCCC1. The molecular formula is C14H18BrN3. The molecule has 2 aromatic rings. The second kappa shape index (κ2) is 4.92. The molecule has 0 amide bonds. The highest BCUT2D eigenvalue weighted by Crippen LogP contribution is 2.29. The molecule has 3 nitrogen and oxygen atoms in total. The van der Waals surface area contributed by atoms with Crippen LogP contribution in [0.1, 0.15) is 32.1 Å². The first-order valence-corrected chi connectivity index (χ1v) is 7.44. The number of nitrogens with two attached hydrogens (primary N) is 1. The number of fused-ring (bicyclic) bond motifs is 1. The number of halogens is 1. The minimum atomic E-state index is 0.640. The number of aryl methyl sites for hydroxylation is 1. The summed E-state index contributed by atoms with van der Waals surface area (Å²) in [5, 5.41) is 0. The molecule has 1 aliphatic rings. The van der Waals surface area contributed by atoms with Gasteiger partial charge in [-0.2, -0.15) is 0 Å². The van der Waals surface area contributed by atoms with Crippen molar-refractivity contribution < 1.29 is 0 Å². The van der Waals surface area contributed by atoms with Crippen LogP contribution >= 0.6 is 15.9 Å². The normalized spacial score (nSPS) is 16.7. The van der Waals surface area contributed by atoms with Gasteiger partial charge in [-0.05, 0) is 30.5 Å². The fourth-order valence-electron chi connectivity index (χ4n) is 2.97.